The van der Waals surface area contributed by atoms with Gasteiger partial charge in [-0.2, -0.15) is 0 Å². The van der Waals surface area contributed by atoms with E-state index >= 15 is 0 Å². The van der Waals surface area contributed by atoms with Crippen LogP contribution < -0.4 is 4.74 Å². The first-order chi connectivity index (χ1) is 7.80. The Morgan fingerprint density at radius 2 is 2.00 bits per heavy atom. The van der Waals surface area contributed by atoms with Gasteiger partial charge >= 0.3 is 0 Å². The quantitative estimate of drug-likeness (QED) is 0.771. The SMILES string of the molecule is Cc1cc(S(=O)(=O)Cl)ccc1OCCN(C)C. The number of halogens is 1. The van der Waals surface area contributed by atoms with Crippen LogP contribution in [0.5, 0.6) is 5.75 Å². The van der Waals surface area contributed by atoms with Crippen molar-refractivity contribution in [3.63, 3.8) is 0 Å². The van der Waals surface area contributed by atoms with Gasteiger partial charge in [-0.05, 0) is 44.8 Å². The lowest BCUT2D eigenvalue weighted by Gasteiger charge is -2.12. The van der Waals surface area contributed by atoms with Gasteiger partial charge in [-0.3, -0.25) is 0 Å². The molecule has 1 aromatic carbocycles. The van der Waals surface area contributed by atoms with Crippen molar-refractivity contribution in [2.75, 3.05) is 27.2 Å². The van der Waals surface area contributed by atoms with Gasteiger partial charge < -0.3 is 9.64 Å². The molecule has 0 aliphatic carbocycles. The van der Waals surface area contributed by atoms with E-state index in [1.54, 1.807) is 13.0 Å². The molecule has 0 fully saturated rings. The van der Waals surface area contributed by atoms with Crippen molar-refractivity contribution in [2.24, 2.45) is 0 Å². The summed E-state index contributed by atoms with van der Waals surface area (Å²) in [5.74, 6) is 0.677. The number of rotatable bonds is 5. The van der Waals surface area contributed by atoms with Gasteiger partial charge in [-0.25, -0.2) is 8.42 Å². The highest BCUT2D eigenvalue weighted by Crippen LogP contribution is 2.23. The lowest BCUT2D eigenvalue weighted by Crippen LogP contribution is -2.19. The minimum Gasteiger partial charge on any atom is -0.492 e. The van der Waals surface area contributed by atoms with E-state index in [2.05, 4.69) is 0 Å². The van der Waals surface area contributed by atoms with Gasteiger partial charge in [0.05, 0.1) is 4.90 Å². The predicted octanol–water partition coefficient (Wildman–Crippen LogP) is 1.86. The van der Waals surface area contributed by atoms with Crippen molar-refractivity contribution >= 4 is 19.7 Å². The second kappa shape index (κ2) is 5.71. The maximum Gasteiger partial charge on any atom is 0.261 e. The summed E-state index contributed by atoms with van der Waals surface area (Å²) in [6.45, 7) is 3.15. The fourth-order valence-corrected chi connectivity index (χ4v) is 2.11. The Kier molecular flexibility index (Phi) is 4.80. The first kappa shape index (κ1) is 14.3. The van der Waals surface area contributed by atoms with Gasteiger partial charge in [-0.15, -0.1) is 0 Å². The molecule has 0 spiro atoms. The van der Waals surface area contributed by atoms with E-state index in [0.29, 0.717) is 12.4 Å². The van der Waals surface area contributed by atoms with Crippen LogP contribution in [-0.2, 0) is 9.05 Å². The Bertz CT molecular complexity index is 485. The topological polar surface area (TPSA) is 46.6 Å². The first-order valence-electron chi connectivity index (χ1n) is 5.13. The number of hydrogen-bond donors (Lipinski definition) is 0. The van der Waals surface area contributed by atoms with Crippen LogP contribution in [0.2, 0.25) is 0 Å². The van der Waals surface area contributed by atoms with E-state index < -0.39 is 9.05 Å². The fraction of sp³-hybridized carbons (Fsp3) is 0.455. The molecule has 0 saturated heterocycles. The molecule has 1 aromatic rings. The van der Waals surface area contributed by atoms with Gasteiger partial charge in [0.2, 0.25) is 0 Å². The molecule has 0 N–H and O–H groups in total. The van der Waals surface area contributed by atoms with E-state index in [9.17, 15) is 8.42 Å². The summed E-state index contributed by atoms with van der Waals surface area (Å²) < 4.78 is 27.8. The molecule has 0 aliphatic heterocycles. The molecule has 0 aromatic heterocycles. The normalized spacial score (nSPS) is 11.8. The lowest BCUT2D eigenvalue weighted by atomic mass is 10.2. The molecule has 0 bridgehead atoms. The zero-order valence-corrected chi connectivity index (χ0v) is 11.7. The summed E-state index contributed by atoms with van der Waals surface area (Å²) in [7, 11) is 5.50. The van der Waals surface area contributed by atoms with Gasteiger partial charge in [-0.1, -0.05) is 0 Å². The van der Waals surface area contributed by atoms with Crippen LogP contribution >= 0.6 is 10.7 Å². The molecule has 0 atom stereocenters. The summed E-state index contributed by atoms with van der Waals surface area (Å²) >= 11 is 0. The third-order valence-corrected chi connectivity index (χ3v) is 3.58. The Labute approximate surface area is 107 Å². The lowest BCUT2D eigenvalue weighted by molar-refractivity contribution is 0.260. The number of likely N-dealkylation sites (N-methyl/N-ethyl adjacent to an activating group) is 1. The summed E-state index contributed by atoms with van der Waals surface area (Å²) in [4.78, 5) is 2.10. The monoisotopic (exact) mass is 277 g/mol. The summed E-state index contributed by atoms with van der Waals surface area (Å²) in [5, 5.41) is 0. The number of ether oxygens (including phenoxy) is 1. The maximum absolute atomic E-state index is 11.1. The number of benzene rings is 1. The number of nitrogens with zero attached hydrogens (tertiary/aromatic N) is 1. The molecule has 0 aliphatic rings. The van der Waals surface area contributed by atoms with Crippen molar-refractivity contribution in [3.05, 3.63) is 23.8 Å². The number of hydrogen-bond acceptors (Lipinski definition) is 4. The summed E-state index contributed by atoms with van der Waals surface area (Å²) in [6.07, 6.45) is 0. The fourth-order valence-electron chi connectivity index (χ4n) is 1.27. The molecule has 0 saturated carbocycles. The van der Waals surface area contributed by atoms with Crippen LogP contribution in [0.1, 0.15) is 5.56 Å². The van der Waals surface area contributed by atoms with Gasteiger partial charge in [0.15, 0.2) is 0 Å². The average Bonchev–Trinajstić information content (AvgIpc) is 2.18. The van der Waals surface area contributed by atoms with E-state index in [1.165, 1.54) is 12.1 Å². The molecule has 0 unspecified atom stereocenters. The molecular formula is C11H16ClNO3S. The third kappa shape index (κ3) is 4.53. The van der Waals surface area contributed by atoms with Crippen molar-refractivity contribution in [1.29, 1.82) is 0 Å². The van der Waals surface area contributed by atoms with Crippen LogP contribution in [0.3, 0.4) is 0 Å². The van der Waals surface area contributed by atoms with Crippen LogP contribution in [0.15, 0.2) is 23.1 Å². The van der Waals surface area contributed by atoms with Crippen LogP contribution in [0.25, 0.3) is 0 Å². The molecule has 17 heavy (non-hydrogen) atoms. The Hall–Kier alpha value is -0.780. The summed E-state index contributed by atoms with van der Waals surface area (Å²) in [6, 6.07) is 4.58. The first-order valence-corrected chi connectivity index (χ1v) is 7.44. The zero-order chi connectivity index (χ0) is 13.1. The zero-order valence-electron chi connectivity index (χ0n) is 10.1. The van der Waals surface area contributed by atoms with E-state index in [4.69, 9.17) is 15.4 Å². The van der Waals surface area contributed by atoms with Gasteiger partial charge in [0.25, 0.3) is 9.05 Å². The summed E-state index contributed by atoms with van der Waals surface area (Å²) in [5.41, 5.74) is 0.755. The molecule has 96 valence electrons. The molecule has 0 amide bonds. The second-order valence-electron chi connectivity index (χ2n) is 4.02. The van der Waals surface area contributed by atoms with Gasteiger partial charge in [0, 0.05) is 17.2 Å². The van der Waals surface area contributed by atoms with Crippen LogP contribution in [-0.4, -0.2) is 40.6 Å². The van der Waals surface area contributed by atoms with Crippen LogP contribution in [0.4, 0.5) is 0 Å². The highest BCUT2D eigenvalue weighted by atomic mass is 35.7. The number of aryl methyl sites for hydroxylation is 1. The van der Waals surface area contributed by atoms with E-state index in [0.717, 1.165) is 12.1 Å². The largest absolute Gasteiger partial charge is 0.492 e. The standard InChI is InChI=1S/C11H16ClNO3S/c1-9-8-10(17(12,14)15)4-5-11(9)16-7-6-13(2)3/h4-5,8H,6-7H2,1-3H3. The molecule has 0 radical (unpaired) electrons. The molecule has 1 rings (SSSR count). The highest BCUT2D eigenvalue weighted by molar-refractivity contribution is 8.13. The second-order valence-corrected chi connectivity index (χ2v) is 6.58. The van der Waals surface area contributed by atoms with Gasteiger partial charge in [0.1, 0.15) is 12.4 Å². The van der Waals surface area contributed by atoms with E-state index in [1.807, 2.05) is 19.0 Å². The van der Waals surface area contributed by atoms with Crippen molar-refractivity contribution in [2.45, 2.75) is 11.8 Å². The Balaban J connectivity index is 2.77. The molecule has 6 heteroatoms. The average molecular weight is 278 g/mol. The minimum absolute atomic E-state index is 0.0941. The molecule has 4 nitrogen and oxygen atoms in total. The Morgan fingerprint density at radius 3 is 2.47 bits per heavy atom. The maximum atomic E-state index is 11.1. The predicted molar refractivity (Wildman–Crippen MR) is 68.3 cm³/mol. The van der Waals surface area contributed by atoms with Crippen molar-refractivity contribution in [3.8, 4) is 5.75 Å². The van der Waals surface area contributed by atoms with Crippen LogP contribution in [0, 0.1) is 6.92 Å². The van der Waals surface area contributed by atoms with Crippen molar-refractivity contribution in [1.82, 2.24) is 4.90 Å². The molecule has 0 heterocycles. The highest BCUT2D eigenvalue weighted by Gasteiger charge is 2.11. The third-order valence-electron chi connectivity index (χ3n) is 2.22. The minimum atomic E-state index is -3.67. The molecular weight excluding hydrogens is 262 g/mol. The Morgan fingerprint density at radius 1 is 1.35 bits per heavy atom. The van der Waals surface area contributed by atoms with E-state index in [-0.39, 0.29) is 4.90 Å². The van der Waals surface area contributed by atoms with Crippen molar-refractivity contribution < 1.29 is 13.2 Å². The smallest absolute Gasteiger partial charge is 0.261 e.